The van der Waals surface area contributed by atoms with E-state index in [0.29, 0.717) is 16.9 Å². The Kier molecular flexibility index (Phi) is 4.43. The van der Waals surface area contributed by atoms with Gasteiger partial charge in [0.15, 0.2) is 0 Å². The third kappa shape index (κ3) is 3.27. The number of hydrogen-bond donors (Lipinski definition) is 0. The maximum Gasteiger partial charge on any atom is 0.258 e. The lowest BCUT2D eigenvalue weighted by atomic mass is 9.82. The molecule has 27 heavy (non-hydrogen) atoms. The molecule has 3 nitrogen and oxygen atoms in total. The number of hydrogen-bond acceptors (Lipinski definition) is 3. The number of benzene rings is 1. The lowest BCUT2D eigenvalue weighted by Crippen LogP contribution is -2.46. The minimum absolute atomic E-state index is 0.135. The summed E-state index contributed by atoms with van der Waals surface area (Å²) in [6.07, 6.45) is 1.20. The Hall–Kier alpha value is -1.88. The monoisotopic (exact) mass is 396 g/mol. The number of likely N-dealkylation sites (tertiary alicyclic amines) is 1. The Morgan fingerprint density at radius 2 is 1.89 bits per heavy atom. The van der Waals surface area contributed by atoms with Crippen LogP contribution in [0.1, 0.15) is 22.9 Å². The third-order valence-electron chi connectivity index (χ3n) is 5.79. The molecule has 2 bridgehead atoms. The van der Waals surface area contributed by atoms with Gasteiger partial charge in [0.25, 0.3) is 5.56 Å². The van der Waals surface area contributed by atoms with Crippen LogP contribution in [0.25, 0.3) is 11.1 Å². The molecule has 1 fully saturated rings. The molecule has 0 amide bonds. The summed E-state index contributed by atoms with van der Waals surface area (Å²) in [7, 11) is 0. The van der Waals surface area contributed by atoms with Gasteiger partial charge in [0.2, 0.25) is 0 Å². The van der Waals surface area contributed by atoms with Crippen molar-refractivity contribution in [2.75, 3.05) is 13.1 Å². The van der Waals surface area contributed by atoms with Crippen LogP contribution in [0, 0.1) is 5.92 Å². The summed E-state index contributed by atoms with van der Waals surface area (Å²) in [4.78, 5) is 17.2. The average molecular weight is 397 g/mol. The van der Waals surface area contributed by atoms with Gasteiger partial charge in [-0.25, -0.2) is 0 Å². The fourth-order valence-corrected chi connectivity index (χ4v) is 5.52. The van der Waals surface area contributed by atoms with Crippen molar-refractivity contribution in [2.24, 2.45) is 5.92 Å². The van der Waals surface area contributed by atoms with Crippen molar-refractivity contribution in [3.8, 4) is 11.1 Å². The van der Waals surface area contributed by atoms with Crippen molar-refractivity contribution in [1.82, 2.24) is 9.47 Å². The number of halogens is 1. The summed E-state index contributed by atoms with van der Waals surface area (Å²) >= 11 is 7.82. The summed E-state index contributed by atoms with van der Waals surface area (Å²) in [5.74, 6) is 0.999. The van der Waals surface area contributed by atoms with Gasteiger partial charge in [-0.1, -0.05) is 29.8 Å². The van der Waals surface area contributed by atoms with Gasteiger partial charge in [-0.2, -0.15) is 0 Å². The van der Waals surface area contributed by atoms with Crippen molar-refractivity contribution in [3.05, 3.63) is 79.9 Å². The van der Waals surface area contributed by atoms with E-state index in [4.69, 9.17) is 11.6 Å². The Balaban J connectivity index is 1.46. The number of piperidine rings is 1. The second-order valence-electron chi connectivity index (χ2n) is 7.67. The summed E-state index contributed by atoms with van der Waals surface area (Å²) in [5, 5.41) is 2.84. The average Bonchev–Trinajstić information content (AvgIpc) is 3.16. The maximum absolute atomic E-state index is 13.2. The van der Waals surface area contributed by atoms with Crippen LogP contribution in [0.15, 0.2) is 58.7 Å². The molecule has 0 aliphatic carbocycles. The van der Waals surface area contributed by atoms with Crippen molar-refractivity contribution < 1.29 is 0 Å². The molecule has 138 valence electrons. The number of pyridine rings is 1. The molecule has 2 atom stereocenters. The smallest absolute Gasteiger partial charge is 0.258 e. The SMILES string of the molecule is O=c1c(-c2ccc(Cl)cc2)ccc2n1C[C@@H]1C[C@@H]2CN(Cc2cccs2)C1. The van der Waals surface area contributed by atoms with Crippen LogP contribution in [0.3, 0.4) is 0 Å². The first-order chi connectivity index (χ1) is 13.2. The van der Waals surface area contributed by atoms with Crippen molar-refractivity contribution in [3.63, 3.8) is 0 Å². The molecule has 0 radical (unpaired) electrons. The zero-order chi connectivity index (χ0) is 18.4. The van der Waals surface area contributed by atoms with Crippen LogP contribution < -0.4 is 5.56 Å². The molecular weight excluding hydrogens is 376 g/mol. The van der Waals surface area contributed by atoms with E-state index in [1.807, 2.05) is 46.2 Å². The molecule has 1 aromatic carbocycles. The lowest BCUT2D eigenvalue weighted by Gasteiger charge is -2.42. The van der Waals surface area contributed by atoms with Gasteiger partial charge < -0.3 is 4.57 Å². The van der Waals surface area contributed by atoms with Gasteiger partial charge in [0, 0.05) is 53.3 Å². The van der Waals surface area contributed by atoms with Crippen molar-refractivity contribution >= 4 is 22.9 Å². The summed E-state index contributed by atoms with van der Waals surface area (Å²) in [5.41, 5.74) is 3.04. The number of rotatable bonds is 3. The summed E-state index contributed by atoms with van der Waals surface area (Å²) < 4.78 is 2.03. The van der Waals surface area contributed by atoms with Crippen molar-refractivity contribution in [2.45, 2.75) is 25.4 Å². The molecule has 1 saturated heterocycles. The van der Waals surface area contributed by atoms with Crippen LogP contribution in [0.2, 0.25) is 5.02 Å². The molecule has 5 heteroatoms. The highest BCUT2D eigenvalue weighted by molar-refractivity contribution is 7.09. The molecule has 5 rings (SSSR count). The largest absolute Gasteiger partial charge is 0.311 e. The van der Waals surface area contributed by atoms with Crippen LogP contribution in [-0.4, -0.2) is 22.6 Å². The van der Waals surface area contributed by atoms with Crippen LogP contribution in [-0.2, 0) is 13.1 Å². The van der Waals surface area contributed by atoms with Gasteiger partial charge in [-0.15, -0.1) is 11.3 Å². The predicted molar refractivity (Wildman–Crippen MR) is 112 cm³/mol. The van der Waals surface area contributed by atoms with E-state index in [0.717, 1.165) is 37.3 Å². The van der Waals surface area contributed by atoms with Gasteiger partial charge in [0.1, 0.15) is 0 Å². The zero-order valence-corrected chi connectivity index (χ0v) is 16.5. The first-order valence-electron chi connectivity index (χ1n) is 9.42. The normalized spacial score (nSPS) is 21.8. The first kappa shape index (κ1) is 17.2. The van der Waals surface area contributed by atoms with Gasteiger partial charge >= 0.3 is 0 Å². The van der Waals surface area contributed by atoms with Gasteiger partial charge in [-0.05, 0) is 53.6 Å². The van der Waals surface area contributed by atoms with Crippen LogP contribution >= 0.6 is 22.9 Å². The van der Waals surface area contributed by atoms with E-state index in [-0.39, 0.29) is 5.56 Å². The van der Waals surface area contributed by atoms with E-state index in [9.17, 15) is 4.79 Å². The Morgan fingerprint density at radius 3 is 2.67 bits per heavy atom. The Morgan fingerprint density at radius 1 is 1.04 bits per heavy atom. The molecule has 2 aromatic heterocycles. The molecule has 0 N–H and O–H groups in total. The second-order valence-corrected chi connectivity index (χ2v) is 9.14. The maximum atomic E-state index is 13.2. The van der Waals surface area contributed by atoms with Crippen molar-refractivity contribution in [1.29, 1.82) is 0 Å². The van der Waals surface area contributed by atoms with E-state index in [1.54, 1.807) is 0 Å². The minimum atomic E-state index is 0.135. The van der Waals surface area contributed by atoms with Crippen LogP contribution in [0.5, 0.6) is 0 Å². The zero-order valence-electron chi connectivity index (χ0n) is 15.0. The fraction of sp³-hybridized carbons (Fsp3) is 0.318. The Labute approximate surface area is 167 Å². The lowest BCUT2D eigenvalue weighted by molar-refractivity contribution is 0.115. The number of aromatic nitrogens is 1. The molecular formula is C22H21ClN2OS. The predicted octanol–water partition coefficient (Wildman–Crippen LogP) is 4.85. The molecule has 0 saturated carbocycles. The quantitative estimate of drug-likeness (QED) is 0.632. The minimum Gasteiger partial charge on any atom is -0.311 e. The van der Waals surface area contributed by atoms with E-state index < -0.39 is 0 Å². The Bertz CT molecular complexity index is 1010. The van der Waals surface area contributed by atoms with Crippen LogP contribution in [0.4, 0.5) is 0 Å². The summed E-state index contributed by atoms with van der Waals surface area (Å²) in [6, 6.07) is 16.0. The number of nitrogens with zero attached hydrogens (tertiary/aromatic N) is 2. The summed E-state index contributed by atoms with van der Waals surface area (Å²) in [6.45, 7) is 3.96. The second kappa shape index (κ2) is 6.93. The molecule has 2 aliphatic rings. The first-order valence-corrected chi connectivity index (χ1v) is 10.7. The molecule has 4 heterocycles. The molecule has 0 spiro atoms. The molecule has 3 aromatic rings. The fourth-order valence-electron chi connectivity index (χ4n) is 4.65. The molecule has 2 aliphatic heterocycles. The number of fused-ring (bicyclic) bond motifs is 4. The third-order valence-corrected chi connectivity index (χ3v) is 6.91. The van der Waals surface area contributed by atoms with Gasteiger partial charge in [-0.3, -0.25) is 9.69 Å². The van der Waals surface area contributed by atoms with E-state index >= 15 is 0 Å². The topological polar surface area (TPSA) is 25.2 Å². The highest BCUT2D eigenvalue weighted by atomic mass is 35.5. The highest BCUT2D eigenvalue weighted by Gasteiger charge is 2.35. The highest BCUT2D eigenvalue weighted by Crippen LogP contribution is 2.36. The van der Waals surface area contributed by atoms with Gasteiger partial charge in [0.05, 0.1) is 0 Å². The number of thiophene rings is 1. The van der Waals surface area contributed by atoms with E-state index in [2.05, 4.69) is 28.5 Å². The molecule has 0 unspecified atom stereocenters. The standard InChI is InChI=1S/C22H21ClN2OS/c23-18-5-3-16(4-6-18)20-7-8-21-17-10-15(12-25(21)22(20)26)11-24(13-17)14-19-2-1-9-27-19/h1-9,15,17H,10-14H2/t15-,17-/m1/s1. The van der Waals surface area contributed by atoms with E-state index in [1.165, 1.54) is 17.0 Å².